The predicted octanol–water partition coefficient (Wildman–Crippen LogP) is 3.79. The zero-order valence-corrected chi connectivity index (χ0v) is 16.1. The summed E-state index contributed by atoms with van der Waals surface area (Å²) in [7, 11) is 0. The van der Waals surface area contributed by atoms with Crippen molar-refractivity contribution in [1.82, 2.24) is 14.8 Å². The molecule has 4 rings (SSSR count). The van der Waals surface area contributed by atoms with Crippen LogP contribution in [0.15, 0.2) is 47.1 Å². The summed E-state index contributed by atoms with van der Waals surface area (Å²) in [5.41, 5.74) is 2.86. The van der Waals surface area contributed by atoms with E-state index < -0.39 is 0 Å². The van der Waals surface area contributed by atoms with E-state index in [-0.39, 0.29) is 5.91 Å². The first-order valence-corrected chi connectivity index (χ1v) is 9.59. The molecule has 0 unspecified atom stereocenters. The van der Waals surface area contributed by atoms with E-state index in [1.807, 2.05) is 36.4 Å². The fraction of sp³-hybridized carbons (Fsp3) is 0.333. The molecule has 140 valence electrons. The fourth-order valence-corrected chi connectivity index (χ4v) is 3.72. The molecular formula is C21H22ClN3O2. The minimum atomic E-state index is -0.0337. The number of pyridine rings is 1. The molecule has 1 aliphatic rings. The Morgan fingerprint density at radius 1 is 1.15 bits per heavy atom. The molecule has 1 fully saturated rings. The second kappa shape index (κ2) is 7.71. The van der Waals surface area contributed by atoms with Crippen molar-refractivity contribution in [2.24, 2.45) is 0 Å². The van der Waals surface area contributed by atoms with Gasteiger partial charge in [-0.1, -0.05) is 11.6 Å². The molecule has 0 N–H and O–H groups in total. The molecule has 2 aromatic heterocycles. The Kier molecular flexibility index (Phi) is 5.14. The van der Waals surface area contributed by atoms with Gasteiger partial charge in [0, 0.05) is 61.1 Å². The number of aromatic nitrogens is 1. The highest BCUT2D eigenvalue weighted by Gasteiger charge is 2.26. The molecule has 5 nitrogen and oxygen atoms in total. The first kappa shape index (κ1) is 18.0. The van der Waals surface area contributed by atoms with E-state index in [1.165, 1.54) is 5.56 Å². The average Bonchev–Trinajstić information content (AvgIpc) is 3.03. The molecule has 3 aromatic rings. The molecule has 0 radical (unpaired) electrons. The standard InChI is InChI=1S/C21H22ClN3O2/c1-15-18-14-17(22)2-3-19(18)27-20(15)21(26)25-12-10-24(11-13-25)9-6-16-4-7-23-8-5-16/h2-5,7-8,14H,6,9-13H2,1H3. The minimum absolute atomic E-state index is 0.0337. The van der Waals surface area contributed by atoms with Crippen LogP contribution in [0.2, 0.25) is 5.02 Å². The molecule has 0 bridgehead atoms. The van der Waals surface area contributed by atoms with Crippen molar-refractivity contribution < 1.29 is 9.21 Å². The van der Waals surface area contributed by atoms with Gasteiger partial charge in [-0.2, -0.15) is 0 Å². The van der Waals surface area contributed by atoms with Gasteiger partial charge in [0.05, 0.1) is 0 Å². The lowest BCUT2D eigenvalue weighted by molar-refractivity contribution is 0.0609. The van der Waals surface area contributed by atoms with E-state index in [1.54, 1.807) is 6.07 Å². The van der Waals surface area contributed by atoms with Gasteiger partial charge in [-0.3, -0.25) is 14.7 Å². The normalized spacial score (nSPS) is 15.4. The van der Waals surface area contributed by atoms with E-state index in [9.17, 15) is 4.79 Å². The first-order chi connectivity index (χ1) is 13.1. The van der Waals surface area contributed by atoms with Crippen molar-refractivity contribution in [2.45, 2.75) is 13.3 Å². The summed E-state index contributed by atoms with van der Waals surface area (Å²) in [6, 6.07) is 9.55. The van der Waals surface area contributed by atoms with Gasteiger partial charge in [0.1, 0.15) is 5.58 Å². The summed E-state index contributed by atoms with van der Waals surface area (Å²) >= 11 is 6.07. The maximum Gasteiger partial charge on any atom is 0.289 e. The van der Waals surface area contributed by atoms with Gasteiger partial charge in [0.25, 0.3) is 5.91 Å². The second-order valence-corrected chi connectivity index (χ2v) is 7.37. The van der Waals surface area contributed by atoms with E-state index in [0.717, 1.165) is 37.0 Å². The number of rotatable bonds is 4. The monoisotopic (exact) mass is 383 g/mol. The van der Waals surface area contributed by atoms with Crippen LogP contribution in [-0.2, 0) is 6.42 Å². The number of piperazine rings is 1. The maximum absolute atomic E-state index is 12.9. The Labute approximate surface area is 163 Å². The third-order valence-corrected chi connectivity index (χ3v) is 5.45. The van der Waals surface area contributed by atoms with Crippen LogP contribution in [0.5, 0.6) is 0 Å². The first-order valence-electron chi connectivity index (χ1n) is 9.21. The number of hydrogen-bond donors (Lipinski definition) is 0. The van der Waals surface area contributed by atoms with Crippen molar-refractivity contribution in [1.29, 1.82) is 0 Å². The van der Waals surface area contributed by atoms with Crippen molar-refractivity contribution in [3.05, 3.63) is 64.6 Å². The quantitative estimate of drug-likeness (QED) is 0.687. The lowest BCUT2D eigenvalue weighted by atomic mass is 10.1. The van der Waals surface area contributed by atoms with Gasteiger partial charge < -0.3 is 9.32 Å². The summed E-state index contributed by atoms with van der Waals surface area (Å²) in [5.74, 6) is 0.395. The van der Waals surface area contributed by atoms with Gasteiger partial charge in [-0.25, -0.2) is 0 Å². The van der Waals surface area contributed by atoms with Gasteiger partial charge >= 0.3 is 0 Å². The van der Waals surface area contributed by atoms with Crippen LogP contribution < -0.4 is 0 Å². The SMILES string of the molecule is Cc1c(C(=O)N2CCN(CCc3ccncc3)CC2)oc2ccc(Cl)cc12. The van der Waals surface area contributed by atoms with Crippen LogP contribution in [0.4, 0.5) is 0 Å². The molecule has 1 aromatic carbocycles. The number of carbonyl (C=O) groups excluding carboxylic acids is 1. The number of aryl methyl sites for hydroxylation is 1. The number of fused-ring (bicyclic) bond motifs is 1. The predicted molar refractivity (Wildman–Crippen MR) is 106 cm³/mol. The third kappa shape index (κ3) is 3.84. The van der Waals surface area contributed by atoms with Crippen LogP contribution in [0.25, 0.3) is 11.0 Å². The van der Waals surface area contributed by atoms with E-state index >= 15 is 0 Å². The van der Waals surface area contributed by atoms with Crippen LogP contribution in [0.3, 0.4) is 0 Å². The molecule has 0 aliphatic carbocycles. The smallest absolute Gasteiger partial charge is 0.289 e. The highest BCUT2D eigenvalue weighted by atomic mass is 35.5. The number of halogens is 1. The number of hydrogen-bond acceptors (Lipinski definition) is 4. The van der Waals surface area contributed by atoms with E-state index in [0.29, 0.717) is 29.5 Å². The number of furan rings is 1. The summed E-state index contributed by atoms with van der Waals surface area (Å²) in [5, 5.41) is 1.55. The summed E-state index contributed by atoms with van der Waals surface area (Å²) in [6.07, 6.45) is 4.66. The fourth-order valence-electron chi connectivity index (χ4n) is 3.55. The number of amides is 1. The molecule has 27 heavy (non-hydrogen) atoms. The Balaban J connectivity index is 1.38. The Morgan fingerprint density at radius 2 is 1.89 bits per heavy atom. The van der Waals surface area contributed by atoms with Crippen LogP contribution in [0, 0.1) is 6.92 Å². The summed E-state index contributed by atoms with van der Waals surface area (Å²) in [6.45, 7) is 6.09. The Bertz CT molecular complexity index is 947. The van der Waals surface area contributed by atoms with Gasteiger partial charge in [0.2, 0.25) is 0 Å². The lowest BCUT2D eigenvalue weighted by Gasteiger charge is -2.34. The van der Waals surface area contributed by atoms with Crippen molar-refractivity contribution in [2.75, 3.05) is 32.7 Å². The Hall–Kier alpha value is -2.37. The largest absolute Gasteiger partial charge is 0.451 e. The molecule has 3 heterocycles. The molecule has 1 amide bonds. The Morgan fingerprint density at radius 3 is 2.63 bits per heavy atom. The number of benzene rings is 1. The molecule has 1 saturated heterocycles. The van der Waals surface area contributed by atoms with Crippen molar-refractivity contribution >= 4 is 28.5 Å². The van der Waals surface area contributed by atoms with E-state index in [2.05, 4.69) is 22.0 Å². The van der Waals surface area contributed by atoms with Gasteiger partial charge in [0.15, 0.2) is 5.76 Å². The van der Waals surface area contributed by atoms with Crippen molar-refractivity contribution in [3.63, 3.8) is 0 Å². The van der Waals surface area contributed by atoms with Crippen molar-refractivity contribution in [3.8, 4) is 0 Å². The lowest BCUT2D eigenvalue weighted by Crippen LogP contribution is -2.49. The zero-order chi connectivity index (χ0) is 18.8. The average molecular weight is 384 g/mol. The molecule has 6 heteroatoms. The molecular weight excluding hydrogens is 362 g/mol. The van der Waals surface area contributed by atoms with E-state index in [4.69, 9.17) is 16.0 Å². The highest BCUT2D eigenvalue weighted by Crippen LogP contribution is 2.28. The third-order valence-electron chi connectivity index (χ3n) is 5.22. The van der Waals surface area contributed by atoms with Crippen LogP contribution >= 0.6 is 11.6 Å². The minimum Gasteiger partial charge on any atom is -0.451 e. The number of nitrogens with zero attached hydrogens (tertiary/aromatic N) is 3. The van der Waals surface area contributed by atoms with Gasteiger partial charge in [-0.05, 0) is 49.2 Å². The zero-order valence-electron chi connectivity index (χ0n) is 15.3. The molecule has 0 atom stereocenters. The molecule has 1 aliphatic heterocycles. The highest BCUT2D eigenvalue weighted by molar-refractivity contribution is 6.31. The van der Waals surface area contributed by atoms with Crippen LogP contribution in [-0.4, -0.2) is 53.4 Å². The summed E-state index contributed by atoms with van der Waals surface area (Å²) < 4.78 is 5.83. The number of carbonyl (C=O) groups is 1. The maximum atomic E-state index is 12.9. The molecule has 0 saturated carbocycles. The van der Waals surface area contributed by atoms with Gasteiger partial charge in [-0.15, -0.1) is 0 Å². The second-order valence-electron chi connectivity index (χ2n) is 6.94. The molecule has 0 spiro atoms. The van der Waals surface area contributed by atoms with Crippen LogP contribution in [0.1, 0.15) is 21.7 Å². The summed E-state index contributed by atoms with van der Waals surface area (Å²) in [4.78, 5) is 21.3. The topological polar surface area (TPSA) is 49.6 Å².